The summed E-state index contributed by atoms with van der Waals surface area (Å²) < 4.78 is 11.6. The standard InChI is InChI=1S/C20H28N2O2/c1-4-23-20-14-17(10-11-19(20)24-13-12-16(2)3)15-21-22-18-8-6-5-7-9-18/h5-11,14,16,21-22H,4,12-13,15H2,1-3H3. The summed E-state index contributed by atoms with van der Waals surface area (Å²) in [5.41, 5.74) is 8.58. The van der Waals surface area contributed by atoms with E-state index in [0.717, 1.165) is 29.2 Å². The Morgan fingerprint density at radius 1 is 0.958 bits per heavy atom. The highest BCUT2D eigenvalue weighted by molar-refractivity contribution is 5.44. The van der Waals surface area contributed by atoms with Crippen molar-refractivity contribution in [3.05, 3.63) is 54.1 Å². The molecule has 0 aliphatic rings. The first kappa shape index (κ1) is 18.1. The first-order chi connectivity index (χ1) is 11.7. The van der Waals surface area contributed by atoms with Crippen LogP contribution >= 0.6 is 0 Å². The van der Waals surface area contributed by atoms with Crippen LogP contribution in [0.1, 0.15) is 32.8 Å². The van der Waals surface area contributed by atoms with Crippen LogP contribution in [0.25, 0.3) is 0 Å². The van der Waals surface area contributed by atoms with Gasteiger partial charge in [0.25, 0.3) is 0 Å². The summed E-state index contributed by atoms with van der Waals surface area (Å²) in [5.74, 6) is 2.26. The van der Waals surface area contributed by atoms with Gasteiger partial charge in [0.1, 0.15) is 0 Å². The number of para-hydroxylation sites is 1. The first-order valence-corrected chi connectivity index (χ1v) is 8.61. The Morgan fingerprint density at radius 3 is 2.46 bits per heavy atom. The van der Waals surface area contributed by atoms with E-state index in [9.17, 15) is 0 Å². The van der Waals surface area contributed by atoms with E-state index in [-0.39, 0.29) is 0 Å². The van der Waals surface area contributed by atoms with Crippen LogP contribution in [-0.2, 0) is 6.54 Å². The molecule has 0 saturated heterocycles. The van der Waals surface area contributed by atoms with E-state index >= 15 is 0 Å². The van der Waals surface area contributed by atoms with Gasteiger partial charge in [-0.05, 0) is 49.1 Å². The van der Waals surface area contributed by atoms with Crippen molar-refractivity contribution in [2.45, 2.75) is 33.7 Å². The molecular weight excluding hydrogens is 300 g/mol. The zero-order chi connectivity index (χ0) is 17.2. The lowest BCUT2D eigenvalue weighted by Crippen LogP contribution is -2.20. The molecule has 0 heterocycles. The van der Waals surface area contributed by atoms with Crippen molar-refractivity contribution in [1.29, 1.82) is 0 Å². The molecule has 0 radical (unpaired) electrons. The fourth-order valence-corrected chi connectivity index (χ4v) is 2.22. The molecule has 0 spiro atoms. The van der Waals surface area contributed by atoms with E-state index in [1.54, 1.807) is 0 Å². The maximum atomic E-state index is 5.87. The van der Waals surface area contributed by atoms with Crippen LogP contribution in [0.15, 0.2) is 48.5 Å². The molecule has 2 N–H and O–H groups in total. The number of nitrogens with one attached hydrogen (secondary N) is 2. The molecule has 2 aromatic carbocycles. The lowest BCUT2D eigenvalue weighted by atomic mass is 10.1. The molecule has 0 amide bonds. The number of hydrazine groups is 1. The van der Waals surface area contributed by atoms with Crippen LogP contribution in [0.4, 0.5) is 5.69 Å². The molecular formula is C20H28N2O2. The molecule has 4 heteroatoms. The Morgan fingerprint density at radius 2 is 1.75 bits per heavy atom. The largest absolute Gasteiger partial charge is 0.490 e. The maximum Gasteiger partial charge on any atom is 0.161 e. The summed E-state index contributed by atoms with van der Waals surface area (Å²) in [4.78, 5) is 0. The van der Waals surface area contributed by atoms with Gasteiger partial charge in [-0.3, -0.25) is 0 Å². The highest BCUT2D eigenvalue weighted by Crippen LogP contribution is 2.29. The monoisotopic (exact) mass is 328 g/mol. The van der Waals surface area contributed by atoms with E-state index in [1.807, 2.05) is 49.4 Å². The van der Waals surface area contributed by atoms with Crippen molar-refractivity contribution in [1.82, 2.24) is 5.43 Å². The minimum atomic E-state index is 0.625. The highest BCUT2D eigenvalue weighted by atomic mass is 16.5. The van der Waals surface area contributed by atoms with Crippen molar-refractivity contribution in [3.8, 4) is 11.5 Å². The Hall–Kier alpha value is -2.20. The first-order valence-electron chi connectivity index (χ1n) is 8.61. The van der Waals surface area contributed by atoms with Crippen molar-refractivity contribution >= 4 is 5.69 Å². The predicted molar refractivity (Wildman–Crippen MR) is 99.5 cm³/mol. The molecule has 0 aliphatic carbocycles. The van der Waals surface area contributed by atoms with Crippen LogP contribution in [0.3, 0.4) is 0 Å². The highest BCUT2D eigenvalue weighted by Gasteiger charge is 2.07. The van der Waals surface area contributed by atoms with Gasteiger partial charge in [0, 0.05) is 12.2 Å². The van der Waals surface area contributed by atoms with E-state index in [1.165, 1.54) is 0 Å². The van der Waals surface area contributed by atoms with Gasteiger partial charge in [0.15, 0.2) is 11.5 Å². The van der Waals surface area contributed by atoms with Crippen molar-refractivity contribution in [2.24, 2.45) is 5.92 Å². The van der Waals surface area contributed by atoms with Crippen LogP contribution in [0.5, 0.6) is 11.5 Å². The lowest BCUT2D eigenvalue weighted by molar-refractivity contribution is 0.261. The summed E-state index contributed by atoms with van der Waals surface area (Å²) in [6.45, 7) is 8.41. The van der Waals surface area contributed by atoms with Gasteiger partial charge in [-0.2, -0.15) is 0 Å². The quantitative estimate of drug-likeness (QED) is 0.624. The van der Waals surface area contributed by atoms with Gasteiger partial charge in [0.05, 0.1) is 13.2 Å². The van der Waals surface area contributed by atoms with Crippen molar-refractivity contribution < 1.29 is 9.47 Å². The van der Waals surface area contributed by atoms with E-state index in [2.05, 4.69) is 30.8 Å². The summed E-state index contributed by atoms with van der Waals surface area (Å²) in [6, 6.07) is 16.1. The Bertz CT molecular complexity index is 600. The summed E-state index contributed by atoms with van der Waals surface area (Å²) in [7, 11) is 0. The Balaban J connectivity index is 1.91. The molecule has 0 bridgehead atoms. The van der Waals surface area contributed by atoms with Crippen LogP contribution < -0.4 is 20.3 Å². The molecule has 2 rings (SSSR count). The molecule has 130 valence electrons. The van der Waals surface area contributed by atoms with E-state index in [0.29, 0.717) is 25.7 Å². The average Bonchev–Trinajstić information content (AvgIpc) is 2.58. The zero-order valence-electron chi connectivity index (χ0n) is 14.8. The molecule has 0 atom stereocenters. The molecule has 4 nitrogen and oxygen atoms in total. The van der Waals surface area contributed by atoms with E-state index < -0.39 is 0 Å². The third-order valence-electron chi connectivity index (χ3n) is 3.56. The van der Waals surface area contributed by atoms with Crippen LogP contribution in [0.2, 0.25) is 0 Å². The third-order valence-corrected chi connectivity index (χ3v) is 3.56. The van der Waals surface area contributed by atoms with Gasteiger partial charge in [-0.1, -0.05) is 38.1 Å². The van der Waals surface area contributed by atoms with E-state index in [4.69, 9.17) is 9.47 Å². The number of ether oxygens (including phenoxy) is 2. The summed E-state index contributed by atoms with van der Waals surface area (Å²) in [5, 5.41) is 0. The fraction of sp³-hybridized carbons (Fsp3) is 0.400. The number of rotatable bonds is 10. The number of benzene rings is 2. The minimum absolute atomic E-state index is 0.625. The molecule has 0 unspecified atom stereocenters. The van der Waals surface area contributed by atoms with Crippen LogP contribution in [-0.4, -0.2) is 13.2 Å². The van der Waals surface area contributed by atoms with Gasteiger partial charge in [-0.25, -0.2) is 5.43 Å². The second-order valence-corrected chi connectivity index (χ2v) is 6.09. The maximum absolute atomic E-state index is 5.87. The number of anilines is 1. The topological polar surface area (TPSA) is 42.5 Å². The molecule has 0 aromatic heterocycles. The Kier molecular flexibility index (Phi) is 7.43. The average molecular weight is 328 g/mol. The number of hydrogen-bond acceptors (Lipinski definition) is 4. The van der Waals surface area contributed by atoms with Crippen LogP contribution in [0, 0.1) is 5.92 Å². The van der Waals surface area contributed by atoms with Gasteiger partial charge in [-0.15, -0.1) is 0 Å². The SMILES string of the molecule is CCOc1cc(CNNc2ccccc2)ccc1OCCC(C)C. The zero-order valence-corrected chi connectivity index (χ0v) is 14.8. The molecule has 24 heavy (non-hydrogen) atoms. The summed E-state index contributed by atoms with van der Waals surface area (Å²) in [6.07, 6.45) is 1.04. The lowest BCUT2D eigenvalue weighted by Gasteiger charge is -2.15. The number of hydrogen-bond donors (Lipinski definition) is 2. The Labute approximate surface area is 145 Å². The predicted octanol–water partition coefficient (Wildman–Crippen LogP) is 4.63. The molecule has 2 aromatic rings. The van der Waals surface area contributed by atoms with Gasteiger partial charge < -0.3 is 14.9 Å². The van der Waals surface area contributed by atoms with Gasteiger partial charge >= 0.3 is 0 Å². The molecule has 0 saturated carbocycles. The van der Waals surface area contributed by atoms with Crippen molar-refractivity contribution in [3.63, 3.8) is 0 Å². The normalized spacial score (nSPS) is 10.7. The second-order valence-electron chi connectivity index (χ2n) is 6.09. The minimum Gasteiger partial charge on any atom is -0.490 e. The second kappa shape index (κ2) is 9.83. The molecule has 0 fully saturated rings. The van der Waals surface area contributed by atoms with Crippen molar-refractivity contribution in [2.75, 3.05) is 18.6 Å². The summed E-state index contributed by atoms with van der Waals surface area (Å²) >= 11 is 0. The molecule has 0 aliphatic heterocycles. The fourth-order valence-electron chi connectivity index (χ4n) is 2.22. The third kappa shape index (κ3) is 6.13. The van der Waals surface area contributed by atoms with Gasteiger partial charge in [0.2, 0.25) is 0 Å². The smallest absolute Gasteiger partial charge is 0.161 e.